The fraction of sp³-hybridized carbons (Fsp3) is 0.385. The van der Waals surface area contributed by atoms with Crippen LogP contribution in [0.1, 0.15) is 27.7 Å². The zero-order chi connectivity index (χ0) is 22.8. The Kier molecular flexibility index (Phi) is 6.25. The van der Waals surface area contributed by atoms with Crippen molar-refractivity contribution in [3.8, 4) is 11.1 Å². The van der Waals surface area contributed by atoms with E-state index < -0.39 is 0 Å². The highest BCUT2D eigenvalue weighted by Gasteiger charge is 2.21. The summed E-state index contributed by atoms with van der Waals surface area (Å²) in [5, 5.41) is 5.77. The van der Waals surface area contributed by atoms with Gasteiger partial charge in [0.25, 0.3) is 0 Å². The lowest BCUT2D eigenvalue weighted by atomic mass is 9.80. The summed E-state index contributed by atoms with van der Waals surface area (Å²) in [6, 6.07) is 12.6. The van der Waals surface area contributed by atoms with E-state index in [1.165, 1.54) is 5.39 Å². The summed E-state index contributed by atoms with van der Waals surface area (Å²) >= 11 is 0. The Bertz CT molecular complexity index is 1200. The van der Waals surface area contributed by atoms with Gasteiger partial charge in [-0.05, 0) is 35.2 Å². The third-order valence-corrected chi connectivity index (χ3v) is 5.78. The van der Waals surface area contributed by atoms with E-state index in [0.717, 1.165) is 39.9 Å². The van der Waals surface area contributed by atoms with Crippen molar-refractivity contribution in [3.05, 3.63) is 55.0 Å². The van der Waals surface area contributed by atoms with Crippen LogP contribution in [0.15, 0.2) is 55.0 Å². The fourth-order valence-electron chi connectivity index (χ4n) is 3.64. The molecule has 3 heterocycles. The summed E-state index contributed by atoms with van der Waals surface area (Å²) < 4.78 is 5.93. The summed E-state index contributed by atoms with van der Waals surface area (Å²) in [7, 11) is 5.79. The number of hydrogen-bond donors (Lipinski definition) is 2. The van der Waals surface area contributed by atoms with E-state index >= 15 is 0 Å². The lowest BCUT2D eigenvalue weighted by molar-refractivity contribution is 0.0258. The Morgan fingerprint density at radius 3 is 2.44 bits per heavy atom. The van der Waals surface area contributed by atoms with Crippen LogP contribution in [-0.2, 0) is 4.74 Å². The largest absolute Gasteiger partial charge is 0.380 e. The molecule has 2 radical (unpaired) electrons. The van der Waals surface area contributed by atoms with Crippen molar-refractivity contribution in [2.45, 2.75) is 34.0 Å². The first-order chi connectivity index (χ1) is 15.3. The number of H-pyrrole nitrogens is 1. The minimum atomic E-state index is -0.0133. The standard InChI is InChI=1S/C26H31BN4O/c1-25(2,14-27)16-32-17-26(3,4)15-30-24-8-6-19(12-29-24)18-5-7-20-21-13-28-10-9-22(21)31-23(20)11-18/h5-13,31H,14-17H2,1-4H3,(H,29,30). The number of ether oxygens (including phenoxy) is 1. The monoisotopic (exact) mass is 426 g/mol. The second-order valence-electron chi connectivity index (χ2n) is 10.1. The third kappa shape index (κ3) is 5.13. The molecule has 0 spiro atoms. The smallest absolute Gasteiger partial charge is 0.125 e. The zero-order valence-electron chi connectivity index (χ0n) is 19.4. The number of aromatic amines is 1. The lowest BCUT2D eigenvalue weighted by Crippen LogP contribution is -2.31. The van der Waals surface area contributed by atoms with Crippen molar-refractivity contribution in [1.82, 2.24) is 15.0 Å². The molecule has 0 saturated heterocycles. The van der Waals surface area contributed by atoms with Gasteiger partial charge in [-0.15, -0.1) is 0 Å². The van der Waals surface area contributed by atoms with Gasteiger partial charge in [0.1, 0.15) is 5.82 Å². The molecule has 0 aliphatic rings. The van der Waals surface area contributed by atoms with Crippen LogP contribution in [-0.4, -0.2) is 42.6 Å². The van der Waals surface area contributed by atoms with Crippen LogP contribution in [0.5, 0.6) is 0 Å². The SMILES string of the molecule is [B]CC(C)(C)COCC(C)(C)CNc1ccc(-c2ccc3c(c2)[nH]c2ccncc23)cn1. The van der Waals surface area contributed by atoms with Crippen molar-refractivity contribution in [1.29, 1.82) is 0 Å². The number of fused-ring (bicyclic) bond motifs is 3. The van der Waals surface area contributed by atoms with Gasteiger partial charge in [-0.25, -0.2) is 4.98 Å². The van der Waals surface area contributed by atoms with Crippen molar-refractivity contribution in [2.24, 2.45) is 10.8 Å². The number of anilines is 1. The molecule has 5 nitrogen and oxygen atoms in total. The highest BCUT2D eigenvalue weighted by Crippen LogP contribution is 2.29. The second kappa shape index (κ2) is 8.95. The molecule has 0 saturated carbocycles. The summed E-state index contributed by atoms with van der Waals surface area (Å²) in [5.74, 6) is 0.863. The number of aromatic nitrogens is 3. The number of nitrogens with zero attached hydrogens (tertiary/aromatic N) is 2. The predicted molar refractivity (Wildman–Crippen MR) is 134 cm³/mol. The first-order valence-corrected chi connectivity index (χ1v) is 11.1. The van der Waals surface area contributed by atoms with Crippen molar-refractivity contribution in [3.63, 3.8) is 0 Å². The van der Waals surface area contributed by atoms with Crippen LogP contribution in [0.3, 0.4) is 0 Å². The second-order valence-corrected chi connectivity index (χ2v) is 10.1. The zero-order valence-corrected chi connectivity index (χ0v) is 19.4. The molecule has 3 aromatic heterocycles. The van der Waals surface area contributed by atoms with Gasteiger partial charge in [-0.3, -0.25) is 4.98 Å². The van der Waals surface area contributed by atoms with Crippen molar-refractivity contribution < 1.29 is 4.74 Å². The van der Waals surface area contributed by atoms with Gasteiger partial charge < -0.3 is 15.0 Å². The molecule has 4 aromatic rings. The molecule has 0 aliphatic carbocycles. The van der Waals surface area contributed by atoms with E-state index in [1.54, 1.807) is 0 Å². The maximum atomic E-state index is 5.93. The molecule has 0 bridgehead atoms. The minimum Gasteiger partial charge on any atom is -0.380 e. The third-order valence-electron chi connectivity index (χ3n) is 5.78. The minimum absolute atomic E-state index is 0.00759. The molecule has 32 heavy (non-hydrogen) atoms. The lowest BCUT2D eigenvalue weighted by Gasteiger charge is -2.29. The number of rotatable bonds is 9. The van der Waals surface area contributed by atoms with E-state index in [2.05, 4.69) is 72.2 Å². The molecule has 0 atom stereocenters. The molecule has 164 valence electrons. The fourth-order valence-corrected chi connectivity index (χ4v) is 3.64. The number of hydrogen-bond acceptors (Lipinski definition) is 4. The Morgan fingerprint density at radius 1 is 0.906 bits per heavy atom. The quantitative estimate of drug-likeness (QED) is 0.330. The predicted octanol–water partition coefficient (Wildman–Crippen LogP) is 5.85. The average molecular weight is 426 g/mol. The van der Waals surface area contributed by atoms with Gasteiger partial charge in [0.15, 0.2) is 0 Å². The van der Waals surface area contributed by atoms with Gasteiger partial charge in [-0.2, -0.15) is 0 Å². The maximum absolute atomic E-state index is 5.93. The summed E-state index contributed by atoms with van der Waals surface area (Å²) in [5.41, 5.74) is 4.41. The van der Waals surface area contributed by atoms with Gasteiger partial charge in [0.05, 0.1) is 21.1 Å². The van der Waals surface area contributed by atoms with E-state index in [1.807, 2.05) is 30.7 Å². The van der Waals surface area contributed by atoms with E-state index in [-0.39, 0.29) is 10.8 Å². The van der Waals surface area contributed by atoms with E-state index in [0.29, 0.717) is 19.5 Å². The Hall–Kier alpha value is -2.86. The normalized spacial score (nSPS) is 12.5. The molecular formula is C26H31BN4O. The molecule has 0 aliphatic heterocycles. The number of pyridine rings is 2. The van der Waals surface area contributed by atoms with Crippen LogP contribution >= 0.6 is 0 Å². The summed E-state index contributed by atoms with van der Waals surface area (Å²) in [4.78, 5) is 12.3. The van der Waals surface area contributed by atoms with Crippen LogP contribution < -0.4 is 5.32 Å². The van der Waals surface area contributed by atoms with Crippen LogP contribution in [0.2, 0.25) is 6.32 Å². The van der Waals surface area contributed by atoms with Gasteiger partial charge >= 0.3 is 0 Å². The van der Waals surface area contributed by atoms with Crippen LogP contribution in [0.25, 0.3) is 32.9 Å². The molecule has 0 amide bonds. The van der Waals surface area contributed by atoms with Crippen LogP contribution in [0.4, 0.5) is 5.82 Å². The first kappa shape index (κ1) is 22.3. The first-order valence-electron chi connectivity index (χ1n) is 11.1. The molecule has 0 fully saturated rings. The number of benzene rings is 1. The molecule has 1 aromatic carbocycles. The van der Waals surface area contributed by atoms with E-state index in [9.17, 15) is 0 Å². The summed E-state index contributed by atoms with van der Waals surface area (Å²) in [6.45, 7) is 10.7. The van der Waals surface area contributed by atoms with Crippen molar-refractivity contribution in [2.75, 3.05) is 25.1 Å². The Balaban J connectivity index is 1.39. The van der Waals surface area contributed by atoms with E-state index in [4.69, 9.17) is 12.6 Å². The van der Waals surface area contributed by atoms with Crippen molar-refractivity contribution >= 4 is 35.5 Å². The molecule has 4 rings (SSSR count). The number of nitrogens with one attached hydrogen (secondary N) is 2. The summed E-state index contributed by atoms with van der Waals surface area (Å²) in [6.07, 6.45) is 6.25. The molecule has 0 unspecified atom stereocenters. The average Bonchev–Trinajstić information content (AvgIpc) is 3.16. The van der Waals surface area contributed by atoms with Crippen LogP contribution in [0, 0.1) is 10.8 Å². The van der Waals surface area contributed by atoms with Gasteiger partial charge in [-0.1, -0.05) is 46.1 Å². The highest BCUT2D eigenvalue weighted by atomic mass is 16.5. The maximum Gasteiger partial charge on any atom is 0.125 e. The Morgan fingerprint density at radius 2 is 1.69 bits per heavy atom. The molecular weight excluding hydrogens is 395 g/mol. The Labute approximate surface area is 191 Å². The van der Waals surface area contributed by atoms with Gasteiger partial charge in [0, 0.05) is 57.9 Å². The van der Waals surface area contributed by atoms with Gasteiger partial charge in [0.2, 0.25) is 0 Å². The highest BCUT2D eigenvalue weighted by molar-refractivity contribution is 6.09. The topological polar surface area (TPSA) is 62.8 Å². The molecule has 2 N–H and O–H groups in total. The molecule has 6 heteroatoms.